The van der Waals surface area contributed by atoms with Crippen LogP contribution in [0.5, 0.6) is 0 Å². The van der Waals surface area contributed by atoms with Crippen LogP contribution in [0.1, 0.15) is 126 Å². The molecule has 0 aliphatic rings. The minimum atomic E-state index is -1.60. The number of rotatable bonds is 4. The van der Waals surface area contributed by atoms with E-state index in [1.807, 2.05) is 0 Å². The summed E-state index contributed by atoms with van der Waals surface area (Å²) in [6.07, 6.45) is 0.968. The lowest BCUT2D eigenvalue weighted by Crippen LogP contribution is -2.17. The minimum Gasteiger partial charge on any atom is -0.399 e. The van der Waals surface area contributed by atoms with Gasteiger partial charge in [0.2, 0.25) is 0 Å². The molecule has 37 heavy (non-hydrogen) atoms. The lowest BCUT2D eigenvalue weighted by Gasteiger charge is -2.27. The van der Waals surface area contributed by atoms with Crippen molar-refractivity contribution in [1.82, 2.24) is 0 Å². The Morgan fingerprint density at radius 2 is 1.00 bits per heavy atom. The van der Waals surface area contributed by atoms with Crippen LogP contribution in [0.2, 0.25) is 0 Å². The third kappa shape index (κ3) is 6.85. The Kier molecular flexibility index (Phi) is 8.17. The molecule has 206 valence electrons. The summed E-state index contributed by atoms with van der Waals surface area (Å²) < 4.78 is 19.9. The lowest BCUT2D eigenvalue weighted by atomic mass is 9.77. The van der Waals surface area contributed by atoms with Crippen molar-refractivity contribution in [2.45, 2.75) is 125 Å². The highest BCUT2D eigenvalue weighted by Gasteiger charge is 2.28. The molecule has 3 rings (SSSR count). The molecule has 0 amide bonds. The van der Waals surface area contributed by atoms with Crippen molar-refractivity contribution < 1.29 is 12.9 Å². The minimum absolute atomic E-state index is 0.00461. The van der Waals surface area contributed by atoms with Crippen LogP contribution in [0.4, 0.5) is 0 Å². The Morgan fingerprint density at radius 3 is 1.30 bits per heavy atom. The van der Waals surface area contributed by atoms with Gasteiger partial charge < -0.3 is 8.39 Å². The highest BCUT2D eigenvalue weighted by molar-refractivity contribution is 7.31. The van der Waals surface area contributed by atoms with Crippen molar-refractivity contribution in [1.29, 1.82) is 0 Å². The van der Waals surface area contributed by atoms with Gasteiger partial charge in [-0.05, 0) is 57.3 Å². The van der Waals surface area contributed by atoms with Gasteiger partial charge in [-0.25, -0.2) is 0 Å². The van der Waals surface area contributed by atoms with Gasteiger partial charge in [-0.2, -0.15) is 0 Å². The molecule has 0 saturated carbocycles. The Hall–Kier alpha value is -1.70. The predicted molar refractivity (Wildman–Crippen MR) is 162 cm³/mol. The number of hydrogen-bond acceptors (Lipinski definition) is 3. The molecular weight excluding hydrogens is 475 g/mol. The van der Waals surface area contributed by atoms with Gasteiger partial charge in [0, 0.05) is 21.9 Å². The summed E-state index contributed by atoms with van der Waals surface area (Å²) in [5.41, 5.74) is 6.58. The summed E-state index contributed by atoms with van der Waals surface area (Å²) in [5.74, 6) is 0.556. The van der Waals surface area contributed by atoms with Crippen molar-refractivity contribution in [3.63, 3.8) is 0 Å². The summed E-state index contributed by atoms with van der Waals surface area (Å²) in [4.78, 5) is 0. The van der Waals surface area contributed by atoms with Crippen molar-refractivity contribution >= 4 is 30.2 Å². The predicted octanol–water partition coefficient (Wildman–Crippen LogP) is 11.0. The van der Waals surface area contributed by atoms with Crippen molar-refractivity contribution in [2.75, 3.05) is 6.61 Å². The molecule has 2 aromatic carbocycles. The maximum atomic E-state index is 6.76. The third-order valence-corrected chi connectivity index (χ3v) is 8.10. The molecule has 0 atom stereocenters. The first-order valence-electron chi connectivity index (χ1n) is 13.9. The molecule has 0 N–H and O–H groups in total. The standard InChI is InChI=1S/C33H51O3P/c1-21(2)15-16-34-37-35-28-24(17-22(30(3,4)5)19-26(28)32(9,10)11)25-18-23(31(6,7)8)20-27(29(25)36-37)33(12,13)14/h17-21H,15-16H2,1-14H3. The smallest absolute Gasteiger partial charge is 0.387 e. The molecule has 1 heterocycles. The summed E-state index contributed by atoms with van der Waals surface area (Å²) in [6, 6.07) is 9.34. The van der Waals surface area contributed by atoms with Crippen molar-refractivity contribution in [3.05, 3.63) is 46.5 Å². The maximum absolute atomic E-state index is 6.76. The topological polar surface area (TPSA) is 35.5 Å². The van der Waals surface area contributed by atoms with Crippen LogP contribution in [0.25, 0.3) is 21.9 Å². The summed E-state index contributed by atoms with van der Waals surface area (Å²) in [7, 11) is -1.60. The molecule has 0 saturated heterocycles. The Bertz CT molecular complexity index is 1210. The van der Waals surface area contributed by atoms with E-state index in [9.17, 15) is 0 Å². The average Bonchev–Trinajstić information content (AvgIpc) is 2.85. The van der Waals surface area contributed by atoms with Crippen molar-refractivity contribution in [2.24, 2.45) is 5.92 Å². The van der Waals surface area contributed by atoms with Crippen LogP contribution >= 0.6 is 8.24 Å². The van der Waals surface area contributed by atoms with Crippen LogP contribution in [-0.2, 0) is 21.7 Å². The Balaban J connectivity index is 2.64. The van der Waals surface area contributed by atoms with E-state index >= 15 is 0 Å². The zero-order valence-electron chi connectivity index (χ0n) is 26.0. The lowest BCUT2D eigenvalue weighted by molar-refractivity contribution is 0.339. The van der Waals surface area contributed by atoms with Gasteiger partial charge in [-0.1, -0.05) is 109 Å². The molecule has 1 aromatic heterocycles. The first-order valence-corrected chi connectivity index (χ1v) is 15.0. The quantitative estimate of drug-likeness (QED) is 0.339. The molecule has 0 spiro atoms. The molecule has 0 unspecified atom stereocenters. The number of benzene rings is 2. The average molecular weight is 527 g/mol. The first-order chi connectivity index (χ1) is 16.7. The van der Waals surface area contributed by atoms with Crippen LogP contribution in [0.3, 0.4) is 0 Å². The van der Waals surface area contributed by atoms with Gasteiger partial charge in [0.15, 0.2) is 0 Å². The fraction of sp³-hybridized carbons (Fsp3) is 0.636. The van der Waals surface area contributed by atoms with Gasteiger partial charge >= 0.3 is 8.24 Å². The molecule has 0 aliphatic carbocycles. The second-order valence-corrected chi connectivity index (χ2v) is 16.3. The molecule has 3 nitrogen and oxygen atoms in total. The summed E-state index contributed by atoms with van der Waals surface area (Å²) in [6.45, 7) is 32.3. The number of hydrogen-bond donors (Lipinski definition) is 0. The SMILES string of the molecule is CC(C)CCOp1oc2c(C(C)(C)C)cc(C(C)(C)C)cc2c2cc(C(C)(C)C)cc(C(C)(C)C)c2o1. The maximum Gasteiger partial charge on any atom is 0.387 e. The van der Waals surface area contributed by atoms with Gasteiger partial charge in [-0.15, -0.1) is 0 Å². The fourth-order valence-electron chi connectivity index (χ4n) is 4.42. The van der Waals surface area contributed by atoms with Crippen LogP contribution in [0, 0.1) is 5.92 Å². The summed E-state index contributed by atoms with van der Waals surface area (Å²) >= 11 is 0. The molecule has 4 heteroatoms. The molecular formula is C33H51O3P. The van der Waals surface area contributed by atoms with E-state index in [2.05, 4.69) is 121 Å². The van der Waals surface area contributed by atoms with Crippen LogP contribution in [-0.4, -0.2) is 6.61 Å². The van der Waals surface area contributed by atoms with E-state index in [0.29, 0.717) is 12.5 Å². The van der Waals surface area contributed by atoms with Gasteiger partial charge in [0.1, 0.15) is 11.2 Å². The van der Waals surface area contributed by atoms with E-state index < -0.39 is 8.24 Å². The zero-order chi connectivity index (χ0) is 28.1. The molecule has 3 aromatic rings. The van der Waals surface area contributed by atoms with Gasteiger partial charge in [-0.3, -0.25) is 4.52 Å². The second kappa shape index (κ2) is 10.1. The van der Waals surface area contributed by atoms with E-state index in [1.165, 1.54) is 22.3 Å². The van der Waals surface area contributed by atoms with E-state index in [0.717, 1.165) is 28.4 Å². The van der Waals surface area contributed by atoms with Gasteiger partial charge in [0.25, 0.3) is 0 Å². The van der Waals surface area contributed by atoms with Gasteiger partial charge in [0.05, 0.1) is 6.61 Å². The highest BCUT2D eigenvalue weighted by atomic mass is 31.1. The second-order valence-electron chi connectivity index (χ2n) is 15.2. The monoisotopic (exact) mass is 526 g/mol. The Morgan fingerprint density at radius 1 is 0.622 bits per heavy atom. The largest absolute Gasteiger partial charge is 0.399 e. The fourth-order valence-corrected chi connectivity index (χ4v) is 5.51. The molecule has 0 fully saturated rings. The molecule has 0 bridgehead atoms. The van der Waals surface area contributed by atoms with E-state index in [1.54, 1.807) is 0 Å². The normalized spacial score (nSPS) is 13.7. The van der Waals surface area contributed by atoms with Crippen LogP contribution < -0.4 is 4.52 Å². The summed E-state index contributed by atoms with van der Waals surface area (Å²) in [5, 5.41) is 2.22. The molecule has 0 aliphatic heterocycles. The van der Waals surface area contributed by atoms with Crippen molar-refractivity contribution in [3.8, 4) is 0 Å². The zero-order valence-corrected chi connectivity index (χ0v) is 26.9. The van der Waals surface area contributed by atoms with E-state index in [-0.39, 0.29) is 21.7 Å². The van der Waals surface area contributed by atoms with Crippen LogP contribution in [0.15, 0.2) is 32.7 Å². The molecule has 0 radical (unpaired) electrons. The Labute approximate surface area is 227 Å². The first kappa shape index (κ1) is 29.9. The highest BCUT2D eigenvalue weighted by Crippen LogP contribution is 2.45. The third-order valence-electron chi connectivity index (χ3n) is 7.04. The number of fused-ring (bicyclic) bond motifs is 3. The van der Waals surface area contributed by atoms with E-state index in [4.69, 9.17) is 12.9 Å².